The lowest BCUT2D eigenvalue weighted by molar-refractivity contribution is 0.102. The molecule has 122 valence electrons. The van der Waals surface area contributed by atoms with Gasteiger partial charge in [0.2, 0.25) is 0 Å². The maximum Gasteiger partial charge on any atom is 0.255 e. The number of thioether (sulfide) groups is 1. The summed E-state index contributed by atoms with van der Waals surface area (Å²) in [5.74, 6) is 0.490. The Balaban J connectivity index is 1.69. The second kappa shape index (κ2) is 7.99. The molecule has 4 nitrogen and oxygen atoms in total. The lowest BCUT2D eigenvalue weighted by Crippen LogP contribution is -2.12. The normalized spacial score (nSPS) is 10.4. The van der Waals surface area contributed by atoms with Gasteiger partial charge >= 0.3 is 0 Å². The van der Waals surface area contributed by atoms with Crippen molar-refractivity contribution in [3.63, 3.8) is 0 Å². The Bertz CT molecular complexity index is 819. The van der Waals surface area contributed by atoms with Crippen LogP contribution in [0.25, 0.3) is 0 Å². The highest BCUT2D eigenvalue weighted by atomic mass is 32.2. The summed E-state index contributed by atoms with van der Waals surface area (Å²) in [4.78, 5) is 17.7. The van der Waals surface area contributed by atoms with Gasteiger partial charge in [-0.25, -0.2) is 4.98 Å². The van der Waals surface area contributed by atoms with Crippen LogP contribution in [0.2, 0.25) is 0 Å². The molecule has 0 saturated carbocycles. The third-order valence-electron chi connectivity index (χ3n) is 3.32. The number of carbonyl (C=O) groups is 1. The topological polar surface area (TPSA) is 51.2 Å². The molecule has 1 N–H and O–H groups in total. The van der Waals surface area contributed by atoms with Crippen LogP contribution >= 0.6 is 23.1 Å². The van der Waals surface area contributed by atoms with Crippen LogP contribution in [0.5, 0.6) is 5.75 Å². The zero-order chi connectivity index (χ0) is 16.8. The molecular weight excluding hydrogens is 340 g/mol. The van der Waals surface area contributed by atoms with E-state index in [1.54, 1.807) is 29.4 Å². The van der Waals surface area contributed by atoms with Crippen molar-refractivity contribution in [1.29, 1.82) is 0 Å². The van der Waals surface area contributed by atoms with Gasteiger partial charge < -0.3 is 10.1 Å². The molecule has 1 heterocycles. The van der Waals surface area contributed by atoms with Crippen molar-refractivity contribution in [2.24, 2.45) is 0 Å². The largest absolute Gasteiger partial charge is 0.487 e. The molecule has 0 fully saturated rings. The first-order valence-corrected chi connectivity index (χ1v) is 9.47. The molecule has 0 radical (unpaired) electrons. The first kappa shape index (κ1) is 16.5. The molecule has 24 heavy (non-hydrogen) atoms. The number of anilines is 1. The third-order valence-corrected chi connectivity index (χ3v) is 4.75. The van der Waals surface area contributed by atoms with E-state index in [-0.39, 0.29) is 5.91 Å². The molecule has 3 rings (SSSR count). The van der Waals surface area contributed by atoms with Crippen LogP contribution in [0.1, 0.15) is 16.1 Å². The van der Waals surface area contributed by atoms with E-state index in [2.05, 4.69) is 10.3 Å². The Morgan fingerprint density at radius 3 is 2.92 bits per heavy atom. The molecular formula is C18H16N2O2S2. The molecule has 0 aliphatic carbocycles. The smallest absolute Gasteiger partial charge is 0.255 e. The Morgan fingerprint density at radius 2 is 2.12 bits per heavy atom. The lowest BCUT2D eigenvalue weighted by atomic mass is 10.2. The summed E-state index contributed by atoms with van der Waals surface area (Å²) < 4.78 is 5.70. The van der Waals surface area contributed by atoms with Crippen LogP contribution in [-0.2, 0) is 6.61 Å². The number of thiazole rings is 1. The van der Waals surface area contributed by atoms with E-state index >= 15 is 0 Å². The fourth-order valence-corrected chi connectivity index (χ4v) is 3.23. The molecule has 3 aromatic rings. The SMILES string of the molecule is CSc1ccccc1NC(=O)c1cccc(OCc2cscn2)c1. The summed E-state index contributed by atoms with van der Waals surface area (Å²) in [6.45, 7) is 0.393. The van der Waals surface area contributed by atoms with Crippen molar-refractivity contribution in [3.05, 3.63) is 70.7 Å². The number of ether oxygens (including phenoxy) is 1. The molecule has 1 amide bonds. The fraction of sp³-hybridized carbons (Fsp3) is 0.111. The number of nitrogens with one attached hydrogen (secondary N) is 1. The monoisotopic (exact) mass is 356 g/mol. The molecule has 0 saturated heterocycles. The summed E-state index contributed by atoms with van der Waals surface area (Å²) in [6, 6.07) is 14.9. The lowest BCUT2D eigenvalue weighted by Gasteiger charge is -2.10. The number of aromatic nitrogens is 1. The average Bonchev–Trinajstić information content (AvgIpc) is 3.14. The Labute approximate surface area is 148 Å². The highest BCUT2D eigenvalue weighted by Crippen LogP contribution is 2.25. The molecule has 1 aromatic heterocycles. The predicted molar refractivity (Wildman–Crippen MR) is 99.1 cm³/mol. The van der Waals surface area contributed by atoms with Crippen LogP contribution in [0.3, 0.4) is 0 Å². The minimum absolute atomic E-state index is 0.157. The zero-order valence-corrected chi connectivity index (χ0v) is 14.7. The number of rotatable bonds is 6. The average molecular weight is 356 g/mol. The van der Waals surface area contributed by atoms with E-state index in [0.717, 1.165) is 16.3 Å². The van der Waals surface area contributed by atoms with Gasteiger partial charge in [0.15, 0.2) is 0 Å². The molecule has 0 spiro atoms. The number of hydrogen-bond donors (Lipinski definition) is 1. The number of carbonyl (C=O) groups excluding carboxylic acids is 1. The van der Waals surface area contributed by atoms with Crippen LogP contribution in [0, 0.1) is 0 Å². The first-order chi connectivity index (χ1) is 11.8. The van der Waals surface area contributed by atoms with Crippen molar-refractivity contribution < 1.29 is 9.53 Å². The van der Waals surface area contributed by atoms with Crippen molar-refractivity contribution >= 4 is 34.7 Å². The van der Waals surface area contributed by atoms with E-state index in [9.17, 15) is 4.79 Å². The van der Waals surface area contributed by atoms with Crippen molar-refractivity contribution in [3.8, 4) is 5.75 Å². The number of para-hydroxylation sites is 1. The van der Waals surface area contributed by atoms with Gasteiger partial charge in [-0.2, -0.15) is 0 Å². The van der Waals surface area contributed by atoms with Gasteiger partial charge in [-0.1, -0.05) is 18.2 Å². The highest BCUT2D eigenvalue weighted by Gasteiger charge is 2.10. The first-order valence-electron chi connectivity index (χ1n) is 7.30. The van der Waals surface area contributed by atoms with Crippen molar-refractivity contribution in [2.75, 3.05) is 11.6 Å². The third kappa shape index (κ3) is 4.15. The standard InChI is InChI=1S/C18H16N2O2S2/c1-23-17-8-3-2-7-16(17)20-18(21)13-5-4-6-15(9-13)22-10-14-11-24-12-19-14/h2-9,11-12H,10H2,1H3,(H,20,21). The van der Waals surface area contributed by atoms with Crippen LogP contribution in [0.15, 0.2) is 64.3 Å². The number of benzene rings is 2. The second-order valence-electron chi connectivity index (χ2n) is 4.95. The summed E-state index contributed by atoms with van der Waals surface area (Å²) in [5, 5.41) is 4.89. The number of amides is 1. The molecule has 0 atom stereocenters. The molecule has 6 heteroatoms. The van der Waals surface area contributed by atoms with Gasteiger partial charge in [-0.05, 0) is 36.6 Å². The number of hydrogen-bond acceptors (Lipinski definition) is 5. The van der Waals surface area contributed by atoms with Gasteiger partial charge in [-0.3, -0.25) is 4.79 Å². The van der Waals surface area contributed by atoms with E-state index in [4.69, 9.17) is 4.74 Å². The molecule has 0 aliphatic rings. The summed E-state index contributed by atoms with van der Waals surface area (Å²) >= 11 is 3.13. The quantitative estimate of drug-likeness (QED) is 0.651. The van der Waals surface area contributed by atoms with E-state index < -0.39 is 0 Å². The molecule has 0 unspecified atom stereocenters. The van der Waals surface area contributed by atoms with Gasteiger partial charge in [0.25, 0.3) is 5.91 Å². The minimum atomic E-state index is -0.157. The summed E-state index contributed by atoms with van der Waals surface area (Å²) in [5.41, 5.74) is 4.01. The van der Waals surface area contributed by atoms with Crippen molar-refractivity contribution in [1.82, 2.24) is 4.98 Å². The minimum Gasteiger partial charge on any atom is -0.487 e. The highest BCUT2D eigenvalue weighted by molar-refractivity contribution is 7.98. The Hall–Kier alpha value is -2.31. The fourth-order valence-electron chi connectivity index (χ4n) is 2.14. The van der Waals surface area contributed by atoms with Crippen LogP contribution in [-0.4, -0.2) is 17.1 Å². The molecule has 2 aromatic carbocycles. The van der Waals surface area contributed by atoms with Crippen molar-refractivity contribution in [2.45, 2.75) is 11.5 Å². The number of nitrogens with zero attached hydrogens (tertiary/aromatic N) is 1. The van der Waals surface area contributed by atoms with Gasteiger partial charge in [0.1, 0.15) is 12.4 Å². The second-order valence-corrected chi connectivity index (χ2v) is 6.52. The van der Waals surface area contributed by atoms with Gasteiger partial charge in [0.05, 0.1) is 16.9 Å². The summed E-state index contributed by atoms with van der Waals surface area (Å²) in [7, 11) is 0. The van der Waals surface area contributed by atoms with Gasteiger partial charge in [0, 0.05) is 15.8 Å². The maximum atomic E-state index is 12.5. The van der Waals surface area contributed by atoms with E-state index in [0.29, 0.717) is 17.9 Å². The molecule has 0 aliphatic heterocycles. The van der Waals surface area contributed by atoms with E-state index in [1.165, 1.54) is 11.3 Å². The van der Waals surface area contributed by atoms with E-state index in [1.807, 2.05) is 48.0 Å². The van der Waals surface area contributed by atoms with Crippen LogP contribution in [0.4, 0.5) is 5.69 Å². The molecule has 0 bridgehead atoms. The van der Waals surface area contributed by atoms with Gasteiger partial charge in [-0.15, -0.1) is 23.1 Å². The summed E-state index contributed by atoms with van der Waals surface area (Å²) in [6.07, 6.45) is 1.98. The zero-order valence-electron chi connectivity index (χ0n) is 13.1. The Morgan fingerprint density at radius 1 is 1.25 bits per heavy atom. The predicted octanol–water partition coefficient (Wildman–Crippen LogP) is 4.70. The van der Waals surface area contributed by atoms with Crippen LogP contribution < -0.4 is 10.1 Å². The Kier molecular flexibility index (Phi) is 5.51. The maximum absolute atomic E-state index is 12.5.